The highest BCUT2D eigenvalue weighted by atomic mass is 16.2. The van der Waals surface area contributed by atoms with E-state index in [4.69, 9.17) is 0 Å². The van der Waals surface area contributed by atoms with Gasteiger partial charge in [0, 0.05) is 29.9 Å². The predicted octanol–water partition coefficient (Wildman–Crippen LogP) is 2.97. The summed E-state index contributed by atoms with van der Waals surface area (Å²) in [5.74, 6) is 0.112. The molecule has 0 aliphatic carbocycles. The van der Waals surface area contributed by atoms with Crippen LogP contribution in [0.15, 0.2) is 53.3 Å². The molecule has 1 aliphatic heterocycles. The van der Waals surface area contributed by atoms with Gasteiger partial charge in [0.25, 0.3) is 5.91 Å². The van der Waals surface area contributed by atoms with Gasteiger partial charge in [-0.2, -0.15) is 5.10 Å². The smallest absolute Gasteiger partial charge is 0.324 e. The quantitative estimate of drug-likeness (QED) is 0.664. The lowest BCUT2D eigenvalue weighted by atomic mass is 10.1. The maximum atomic E-state index is 12.6. The number of anilines is 2. The van der Waals surface area contributed by atoms with Crippen molar-refractivity contribution in [2.45, 2.75) is 45.7 Å². The second kappa shape index (κ2) is 8.99. The van der Waals surface area contributed by atoms with E-state index in [2.05, 4.69) is 15.7 Å². The number of amides is 2. The van der Waals surface area contributed by atoms with Crippen molar-refractivity contribution in [1.29, 1.82) is 0 Å². The summed E-state index contributed by atoms with van der Waals surface area (Å²) in [5.41, 5.74) is 2.21. The van der Waals surface area contributed by atoms with Crippen LogP contribution in [0.1, 0.15) is 41.0 Å². The minimum atomic E-state index is -0.362. The van der Waals surface area contributed by atoms with E-state index in [1.807, 2.05) is 25.1 Å². The van der Waals surface area contributed by atoms with E-state index in [1.54, 1.807) is 34.9 Å². The van der Waals surface area contributed by atoms with Crippen molar-refractivity contribution in [1.82, 2.24) is 14.3 Å². The number of para-hydroxylation sites is 1. The first kappa shape index (κ1) is 20.6. The number of nitrogens with zero attached hydrogens (tertiary/aromatic N) is 3. The lowest BCUT2D eigenvalue weighted by Crippen LogP contribution is -2.30. The highest BCUT2D eigenvalue weighted by Crippen LogP contribution is 2.18. The van der Waals surface area contributed by atoms with Gasteiger partial charge < -0.3 is 10.6 Å². The van der Waals surface area contributed by atoms with Crippen molar-refractivity contribution in [3.8, 4) is 0 Å². The first-order valence-corrected chi connectivity index (χ1v) is 10.4. The Labute approximate surface area is 179 Å². The number of rotatable bonds is 5. The molecule has 0 radical (unpaired) electrons. The van der Waals surface area contributed by atoms with Gasteiger partial charge >= 0.3 is 5.69 Å². The molecule has 1 aromatic heterocycles. The van der Waals surface area contributed by atoms with Gasteiger partial charge in [-0.15, -0.1) is 0 Å². The summed E-state index contributed by atoms with van der Waals surface area (Å²) < 4.78 is 2.89. The summed E-state index contributed by atoms with van der Waals surface area (Å²) in [6, 6.07) is 14.3. The van der Waals surface area contributed by atoms with Crippen molar-refractivity contribution >= 4 is 23.2 Å². The lowest BCUT2D eigenvalue weighted by molar-refractivity contribution is -0.117. The van der Waals surface area contributed by atoms with E-state index in [1.165, 1.54) is 4.68 Å². The number of benzene rings is 2. The first-order chi connectivity index (χ1) is 15.0. The Morgan fingerprint density at radius 3 is 2.65 bits per heavy atom. The summed E-state index contributed by atoms with van der Waals surface area (Å²) in [4.78, 5) is 37.7. The van der Waals surface area contributed by atoms with Crippen LogP contribution in [0.2, 0.25) is 0 Å². The molecular weight excluding hydrogens is 394 g/mol. The zero-order valence-corrected chi connectivity index (χ0v) is 17.4. The fourth-order valence-electron chi connectivity index (χ4n) is 3.68. The Morgan fingerprint density at radius 1 is 1.03 bits per heavy atom. The Bertz CT molecular complexity index is 1160. The largest absolute Gasteiger partial charge is 0.346 e. The molecule has 2 heterocycles. The topological polar surface area (TPSA) is 98.0 Å². The van der Waals surface area contributed by atoms with Gasteiger partial charge in [-0.1, -0.05) is 30.7 Å². The Morgan fingerprint density at radius 2 is 1.84 bits per heavy atom. The molecule has 160 valence electrons. The van der Waals surface area contributed by atoms with Crippen molar-refractivity contribution in [2.75, 3.05) is 10.6 Å². The van der Waals surface area contributed by atoms with Crippen molar-refractivity contribution in [2.24, 2.45) is 0 Å². The summed E-state index contributed by atoms with van der Waals surface area (Å²) in [5, 5.41) is 9.99. The SMILES string of the molecule is Cc1ccc(C(=O)Nc2ccccc2)cc1NC(=O)Cn1nc2n(c1=O)CCCCC2. The lowest BCUT2D eigenvalue weighted by Gasteiger charge is -2.11. The van der Waals surface area contributed by atoms with E-state index < -0.39 is 0 Å². The highest BCUT2D eigenvalue weighted by molar-refractivity contribution is 6.05. The molecule has 4 rings (SSSR count). The zero-order valence-electron chi connectivity index (χ0n) is 17.4. The summed E-state index contributed by atoms with van der Waals surface area (Å²) in [6.07, 6.45) is 3.78. The van der Waals surface area contributed by atoms with Gasteiger partial charge in [0.05, 0.1) is 0 Å². The summed E-state index contributed by atoms with van der Waals surface area (Å²) in [7, 11) is 0. The maximum absolute atomic E-state index is 12.6. The zero-order chi connectivity index (χ0) is 21.8. The van der Waals surface area contributed by atoms with Crippen LogP contribution in [0.25, 0.3) is 0 Å². The van der Waals surface area contributed by atoms with E-state index in [0.717, 1.165) is 37.1 Å². The number of hydrogen-bond donors (Lipinski definition) is 2. The average Bonchev–Trinajstić information content (AvgIpc) is 2.92. The average molecular weight is 419 g/mol. The molecular formula is C23H25N5O3. The molecule has 8 heteroatoms. The van der Waals surface area contributed by atoms with Crippen LogP contribution in [-0.4, -0.2) is 26.2 Å². The normalized spacial score (nSPS) is 13.2. The van der Waals surface area contributed by atoms with E-state index in [0.29, 0.717) is 23.5 Å². The van der Waals surface area contributed by atoms with Crippen LogP contribution >= 0.6 is 0 Å². The van der Waals surface area contributed by atoms with Crippen LogP contribution in [0, 0.1) is 6.92 Å². The summed E-state index contributed by atoms with van der Waals surface area (Å²) in [6.45, 7) is 2.33. The monoisotopic (exact) mass is 419 g/mol. The molecule has 2 N–H and O–H groups in total. The molecule has 0 spiro atoms. The van der Waals surface area contributed by atoms with Crippen molar-refractivity contribution < 1.29 is 9.59 Å². The van der Waals surface area contributed by atoms with Crippen LogP contribution in [0.4, 0.5) is 11.4 Å². The number of aromatic nitrogens is 3. The molecule has 3 aromatic rings. The number of carbonyl (C=O) groups excluding carboxylic acids is 2. The third kappa shape index (κ3) is 4.74. The van der Waals surface area contributed by atoms with Gasteiger partial charge in [0.2, 0.25) is 5.91 Å². The minimum absolute atomic E-state index is 0.168. The van der Waals surface area contributed by atoms with Crippen LogP contribution in [0.3, 0.4) is 0 Å². The van der Waals surface area contributed by atoms with E-state index in [-0.39, 0.29) is 24.0 Å². The molecule has 31 heavy (non-hydrogen) atoms. The second-order valence-corrected chi connectivity index (χ2v) is 7.72. The summed E-state index contributed by atoms with van der Waals surface area (Å²) >= 11 is 0. The second-order valence-electron chi connectivity index (χ2n) is 7.72. The molecule has 0 bridgehead atoms. The Balaban J connectivity index is 1.46. The molecule has 8 nitrogen and oxygen atoms in total. The highest BCUT2D eigenvalue weighted by Gasteiger charge is 2.18. The molecule has 2 aromatic carbocycles. The van der Waals surface area contributed by atoms with Crippen molar-refractivity contribution in [3.63, 3.8) is 0 Å². The van der Waals surface area contributed by atoms with Crippen LogP contribution in [-0.2, 0) is 24.3 Å². The van der Waals surface area contributed by atoms with Crippen LogP contribution in [0.5, 0.6) is 0 Å². The Hall–Kier alpha value is -3.68. The third-order valence-corrected chi connectivity index (χ3v) is 5.38. The van der Waals surface area contributed by atoms with Gasteiger partial charge in [-0.3, -0.25) is 14.2 Å². The first-order valence-electron chi connectivity index (χ1n) is 10.4. The molecule has 2 amide bonds. The van der Waals surface area contributed by atoms with Gasteiger partial charge in [0.1, 0.15) is 12.4 Å². The Kier molecular flexibility index (Phi) is 5.97. The fourth-order valence-corrected chi connectivity index (χ4v) is 3.68. The van der Waals surface area contributed by atoms with E-state index >= 15 is 0 Å². The molecule has 0 fully saturated rings. The standard InChI is InChI=1S/C23H25N5O3/c1-16-11-12-17(22(30)24-18-8-4-2-5-9-18)14-19(16)25-21(29)15-28-23(31)27-13-7-3-6-10-20(27)26-28/h2,4-5,8-9,11-12,14H,3,6-7,10,13,15H2,1H3,(H,24,30)(H,25,29). The fraction of sp³-hybridized carbons (Fsp3) is 0.304. The molecule has 0 unspecified atom stereocenters. The molecule has 1 aliphatic rings. The predicted molar refractivity (Wildman–Crippen MR) is 118 cm³/mol. The number of fused-ring (bicyclic) bond motifs is 1. The maximum Gasteiger partial charge on any atom is 0.346 e. The third-order valence-electron chi connectivity index (χ3n) is 5.38. The van der Waals surface area contributed by atoms with Crippen LogP contribution < -0.4 is 16.3 Å². The molecule has 0 atom stereocenters. The molecule has 0 saturated heterocycles. The number of nitrogens with one attached hydrogen (secondary N) is 2. The van der Waals surface area contributed by atoms with Gasteiger partial charge in [-0.05, 0) is 49.6 Å². The number of carbonyl (C=O) groups is 2. The minimum Gasteiger partial charge on any atom is -0.324 e. The molecule has 0 saturated carbocycles. The number of hydrogen-bond acceptors (Lipinski definition) is 4. The van der Waals surface area contributed by atoms with E-state index in [9.17, 15) is 14.4 Å². The van der Waals surface area contributed by atoms with Gasteiger partial charge in [-0.25, -0.2) is 9.48 Å². The number of aryl methyl sites for hydroxylation is 2. The van der Waals surface area contributed by atoms with Crippen molar-refractivity contribution in [3.05, 3.63) is 76.0 Å². The van der Waals surface area contributed by atoms with Gasteiger partial charge in [0.15, 0.2) is 0 Å².